The van der Waals surface area contributed by atoms with Gasteiger partial charge in [-0.25, -0.2) is 4.98 Å². The molecule has 0 amide bonds. The van der Waals surface area contributed by atoms with Gasteiger partial charge in [-0.05, 0) is 6.42 Å². The van der Waals surface area contributed by atoms with Gasteiger partial charge in [-0.3, -0.25) is 4.79 Å². The molecule has 0 spiro atoms. The quantitative estimate of drug-likeness (QED) is 0.776. The molecule has 0 aliphatic rings. The Hall–Kier alpha value is -1.12. The van der Waals surface area contributed by atoms with Crippen molar-refractivity contribution in [2.45, 2.75) is 40.0 Å². The van der Waals surface area contributed by atoms with Gasteiger partial charge in [0, 0.05) is 24.7 Å². The van der Waals surface area contributed by atoms with Crippen LogP contribution in [0.15, 0.2) is 12.5 Å². The topological polar surface area (TPSA) is 45.8 Å². The van der Waals surface area contributed by atoms with Gasteiger partial charge in [-0.15, -0.1) is 0 Å². The van der Waals surface area contributed by atoms with E-state index in [2.05, 4.69) is 9.97 Å². The van der Waals surface area contributed by atoms with Gasteiger partial charge in [0.1, 0.15) is 5.78 Å². The second-order valence-corrected chi connectivity index (χ2v) is 2.47. The summed E-state index contributed by atoms with van der Waals surface area (Å²) in [6.07, 6.45) is 5.42. The highest BCUT2D eigenvalue weighted by atomic mass is 16.1. The Morgan fingerprint density at radius 3 is 2.69 bits per heavy atom. The summed E-state index contributed by atoms with van der Waals surface area (Å²) in [6, 6.07) is 0. The van der Waals surface area contributed by atoms with Crippen LogP contribution in [0.25, 0.3) is 0 Å². The molecule has 0 aliphatic carbocycles. The predicted molar refractivity (Wildman–Crippen MR) is 53.6 cm³/mol. The number of aryl methyl sites for hydroxylation is 1. The van der Waals surface area contributed by atoms with Crippen molar-refractivity contribution >= 4 is 5.78 Å². The maximum Gasteiger partial charge on any atom is 0.133 e. The Kier molecular flexibility index (Phi) is 6.88. The number of hydrogen-bond acceptors (Lipinski definition) is 2. The summed E-state index contributed by atoms with van der Waals surface area (Å²) in [6.45, 7) is 5.88. The van der Waals surface area contributed by atoms with E-state index >= 15 is 0 Å². The molecule has 0 bridgehead atoms. The number of hydrogen-bond donors (Lipinski definition) is 1. The molecule has 0 aliphatic heterocycles. The smallest absolute Gasteiger partial charge is 0.133 e. The Bertz CT molecular complexity index is 217. The normalized spacial score (nSPS) is 8.85. The molecule has 1 aromatic heterocycles. The number of rotatable bonds is 4. The minimum atomic E-state index is 0.305. The molecular weight excluding hydrogens is 164 g/mol. The van der Waals surface area contributed by atoms with E-state index in [1.54, 1.807) is 12.5 Å². The van der Waals surface area contributed by atoms with Crippen molar-refractivity contribution in [3.8, 4) is 0 Å². The molecule has 0 atom stereocenters. The van der Waals surface area contributed by atoms with Crippen LogP contribution >= 0.6 is 0 Å². The third-order valence-electron chi connectivity index (χ3n) is 1.62. The highest BCUT2D eigenvalue weighted by Crippen LogP contribution is 1.98. The van der Waals surface area contributed by atoms with Crippen LogP contribution in [0.3, 0.4) is 0 Å². The van der Waals surface area contributed by atoms with Crippen molar-refractivity contribution < 1.29 is 4.79 Å². The second-order valence-electron chi connectivity index (χ2n) is 2.47. The Labute approximate surface area is 79.6 Å². The molecule has 0 saturated carbocycles. The summed E-state index contributed by atoms with van der Waals surface area (Å²) < 4.78 is 0. The van der Waals surface area contributed by atoms with Crippen LogP contribution in [-0.2, 0) is 11.2 Å². The molecule has 0 unspecified atom stereocenters. The molecule has 3 nitrogen and oxygen atoms in total. The van der Waals surface area contributed by atoms with E-state index in [9.17, 15) is 4.79 Å². The highest BCUT2D eigenvalue weighted by molar-refractivity contribution is 5.78. The van der Waals surface area contributed by atoms with Crippen molar-refractivity contribution in [2.75, 3.05) is 0 Å². The molecular formula is C10H18N2O. The molecule has 3 heteroatoms. The van der Waals surface area contributed by atoms with E-state index in [0.29, 0.717) is 18.6 Å². The minimum absolute atomic E-state index is 0.305. The van der Waals surface area contributed by atoms with Crippen LogP contribution in [-0.4, -0.2) is 15.8 Å². The summed E-state index contributed by atoms with van der Waals surface area (Å²) in [5.41, 5.74) is 1.03. The molecule has 0 radical (unpaired) electrons. The van der Waals surface area contributed by atoms with E-state index in [1.165, 1.54) is 0 Å². The molecule has 0 fully saturated rings. The van der Waals surface area contributed by atoms with Gasteiger partial charge in [0.05, 0.1) is 6.33 Å². The molecule has 1 heterocycles. The maximum atomic E-state index is 10.9. The highest BCUT2D eigenvalue weighted by Gasteiger charge is 1.99. The van der Waals surface area contributed by atoms with E-state index in [4.69, 9.17) is 0 Å². The van der Waals surface area contributed by atoms with Gasteiger partial charge in [-0.1, -0.05) is 20.8 Å². The standard InChI is InChI=1S/C8H12N2O.C2H6/c1-2-8(11)4-3-7-5-9-6-10-7;1-2/h5-6H,2-4H2,1H3,(H,9,10);1-2H3. The lowest BCUT2D eigenvalue weighted by molar-refractivity contribution is -0.118. The van der Waals surface area contributed by atoms with Crippen LogP contribution < -0.4 is 0 Å². The summed E-state index contributed by atoms with van der Waals surface area (Å²) in [5, 5.41) is 0. The molecule has 0 aromatic carbocycles. The number of carbonyl (C=O) groups is 1. The van der Waals surface area contributed by atoms with Gasteiger partial charge in [0.25, 0.3) is 0 Å². The number of imidazole rings is 1. The number of ketones is 1. The van der Waals surface area contributed by atoms with Gasteiger partial charge in [-0.2, -0.15) is 0 Å². The number of aromatic nitrogens is 2. The largest absolute Gasteiger partial charge is 0.348 e. The van der Waals surface area contributed by atoms with E-state index in [-0.39, 0.29) is 0 Å². The zero-order valence-corrected chi connectivity index (χ0v) is 8.63. The van der Waals surface area contributed by atoms with Crippen molar-refractivity contribution in [2.24, 2.45) is 0 Å². The number of aromatic amines is 1. The molecule has 1 aromatic rings. The predicted octanol–water partition coefficient (Wildman–Crippen LogP) is 2.35. The average molecular weight is 182 g/mol. The van der Waals surface area contributed by atoms with E-state index in [0.717, 1.165) is 12.1 Å². The minimum Gasteiger partial charge on any atom is -0.348 e. The molecule has 1 N–H and O–H groups in total. The van der Waals surface area contributed by atoms with Crippen molar-refractivity contribution in [1.29, 1.82) is 0 Å². The number of H-pyrrole nitrogens is 1. The fourth-order valence-electron chi connectivity index (χ4n) is 0.872. The summed E-state index contributed by atoms with van der Waals surface area (Å²) in [7, 11) is 0. The maximum absolute atomic E-state index is 10.9. The average Bonchev–Trinajstić information content (AvgIpc) is 2.70. The number of carbonyl (C=O) groups excluding carboxylic acids is 1. The number of Topliss-reactive ketones (excluding diaryl/α,β-unsaturated/α-hetero) is 1. The van der Waals surface area contributed by atoms with Crippen LogP contribution in [0.2, 0.25) is 0 Å². The van der Waals surface area contributed by atoms with Gasteiger partial charge < -0.3 is 4.98 Å². The zero-order chi connectivity index (χ0) is 10.1. The third-order valence-corrected chi connectivity index (χ3v) is 1.62. The fourth-order valence-corrected chi connectivity index (χ4v) is 0.872. The van der Waals surface area contributed by atoms with Gasteiger partial charge in [0.15, 0.2) is 0 Å². The second kappa shape index (κ2) is 7.53. The lowest BCUT2D eigenvalue weighted by Gasteiger charge is -1.93. The van der Waals surface area contributed by atoms with Gasteiger partial charge >= 0.3 is 0 Å². The molecule has 74 valence electrons. The fraction of sp³-hybridized carbons (Fsp3) is 0.600. The van der Waals surface area contributed by atoms with Crippen LogP contribution in [0, 0.1) is 0 Å². The van der Waals surface area contributed by atoms with Crippen molar-refractivity contribution in [3.63, 3.8) is 0 Å². The van der Waals surface area contributed by atoms with E-state index in [1.807, 2.05) is 20.8 Å². The SMILES string of the molecule is CC.CCC(=O)CCc1cnc[nH]1. The van der Waals surface area contributed by atoms with Crippen molar-refractivity contribution in [1.82, 2.24) is 9.97 Å². The Morgan fingerprint density at radius 1 is 1.54 bits per heavy atom. The lowest BCUT2D eigenvalue weighted by Crippen LogP contribution is -1.97. The third kappa shape index (κ3) is 5.17. The molecule has 0 saturated heterocycles. The van der Waals surface area contributed by atoms with Crippen LogP contribution in [0.1, 0.15) is 39.3 Å². The first-order valence-electron chi connectivity index (χ1n) is 4.82. The van der Waals surface area contributed by atoms with Crippen LogP contribution in [0.4, 0.5) is 0 Å². The Morgan fingerprint density at radius 2 is 2.23 bits per heavy atom. The monoisotopic (exact) mass is 182 g/mol. The zero-order valence-electron chi connectivity index (χ0n) is 8.63. The number of nitrogens with zero attached hydrogens (tertiary/aromatic N) is 1. The lowest BCUT2D eigenvalue weighted by atomic mass is 10.1. The summed E-state index contributed by atoms with van der Waals surface area (Å²) in [5.74, 6) is 0.305. The van der Waals surface area contributed by atoms with Crippen LogP contribution in [0.5, 0.6) is 0 Å². The van der Waals surface area contributed by atoms with Gasteiger partial charge in [0.2, 0.25) is 0 Å². The van der Waals surface area contributed by atoms with Crippen molar-refractivity contribution in [3.05, 3.63) is 18.2 Å². The first-order valence-corrected chi connectivity index (χ1v) is 4.82. The first kappa shape index (κ1) is 11.9. The molecule has 1 rings (SSSR count). The Balaban J connectivity index is 0.000000671. The molecule has 13 heavy (non-hydrogen) atoms. The summed E-state index contributed by atoms with van der Waals surface area (Å²) >= 11 is 0. The number of nitrogens with one attached hydrogen (secondary N) is 1. The summed E-state index contributed by atoms with van der Waals surface area (Å²) in [4.78, 5) is 17.7. The first-order chi connectivity index (χ1) is 6.33. The van der Waals surface area contributed by atoms with E-state index < -0.39 is 0 Å².